The first-order valence-corrected chi connectivity index (χ1v) is 5.55. The van der Waals surface area contributed by atoms with Gasteiger partial charge in [0.1, 0.15) is 17.1 Å². The number of methoxy groups -OCH3 is 2. The topological polar surface area (TPSA) is 44.8 Å². The first-order chi connectivity index (χ1) is 8.12. The van der Waals surface area contributed by atoms with Crippen molar-refractivity contribution in [1.82, 2.24) is 0 Å². The summed E-state index contributed by atoms with van der Waals surface area (Å²) in [5.41, 5.74) is 0.411. The van der Waals surface area contributed by atoms with Crippen molar-refractivity contribution in [2.75, 3.05) is 14.2 Å². The Morgan fingerprint density at radius 1 is 1.35 bits per heavy atom. The lowest BCUT2D eigenvalue weighted by Gasteiger charge is -2.16. The molecule has 0 N–H and O–H groups in total. The van der Waals surface area contributed by atoms with Gasteiger partial charge >= 0.3 is 5.97 Å². The molecule has 0 bridgehead atoms. The third-order valence-corrected chi connectivity index (χ3v) is 2.50. The molecule has 94 valence electrons. The fraction of sp³-hybridized carbons (Fsp3) is 0.462. The minimum absolute atomic E-state index is 0.0329. The Kier molecular flexibility index (Phi) is 4.82. The second-order valence-corrected chi connectivity index (χ2v) is 3.69. The lowest BCUT2D eigenvalue weighted by atomic mass is 10.2. The molecular weight excluding hydrogens is 220 g/mol. The van der Waals surface area contributed by atoms with Crippen LogP contribution >= 0.6 is 0 Å². The molecule has 0 fully saturated rings. The smallest absolute Gasteiger partial charge is 0.341 e. The van der Waals surface area contributed by atoms with Crippen LogP contribution in [-0.4, -0.2) is 26.3 Å². The highest BCUT2D eigenvalue weighted by molar-refractivity contribution is 5.92. The molecule has 17 heavy (non-hydrogen) atoms. The molecule has 0 saturated heterocycles. The lowest BCUT2D eigenvalue weighted by molar-refractivity contribution is 0.0593. The van der Waals surface area contributed by atoms with E-state index < -0.39 is 5.97 Å². The summed E-state index contributed by atoms with van der Waals surface area (Å²) in [4.78, 5) is 11.6. The Hall–Kier alpha value is -1.71. The highest BCUT2D eigenvalue weighted by Crippen LogP contribution is 2.26. The summed E-state index contributed by atoms with van der Waals surface area (Å²) in [6.45, 7) is 3.96. The third kappa shape index (κ3) is 3.37. The fourth-order valence-electron chi connectivity index (χ4n) is 1.31. The molecule has 0 radical (unpaired) electrons. The first kappa shape index (κ1) is 13.4. The van der Waals surface area contributed by atoms with Crippen LogP contribution in [0.2, 0.25) is 0 Å². The summed E-state index contributed by atoms with van der Waals surface area (Å²) in [5.74, 6) is 0.729. The van der Waals surface area contributed by atoms with Gasteiger partial charge in [0.2, 0.25) is 0 Å². The van der Waals surface area contributed by atoms with Crippen molar-refractivity contribution in [3.8, 4) is 11.5 Å². The van der Waals surface area contributed by atoms with Gasteiger partial charge in [-0.2, -0.15) is 0 Å². The summed E-state index contributed by atoms with van der Waals surface area (Å²) < 4.78 is 15.5. The molecule has 4 nitrogen and oxygen atoms in total. The number of hydrogen-bond donors (Lipinski definition) is 0. The Balaban J connectivity index is 3.07. The number of hydrogen-bond acceptors (Lipinski definition) is 4. The van der Waals surface area contributed by atoms with E-state index in [-0.39, 0.29) is 6.10 Å². The number of benzene rings is 1. The molecular formula is C13H18O4. The molecule has 0 saturated carbocycles. The van der Waals surface area contributed by atoms with Gasteiger partial charge in [-0.05, 0) is 25.5 Å². The Labute approximate surface area is 101 Å². The zero-order valence-corrected chi connectivity index (χ0v) is 10.6. The largest absolute Gasteiger partial charge is 0.497 e. The molecule has 0 aliphatic heterocycles. The van der Waals surface area contributed by atoms with E-state index in [1.807, 2.05) is 13.8 Å². The third-order valence-electron chi connectivity index (χ3n) is 2.50. The van der Waals surface area contributed by atoms with Crippen LogP contribution in [0.5, 0.6) is 11.5 Å². The molecule has 1 aromatic carbocycles. The van der Waals surface area contributed by atoms with Crippen LogP contribution in [0.4, 0.5) is 0 Å². The number of rotatable bonds is 5. The maximum atomic E-state index is 11.6. The molecule has 1 atom stereocenters. The monoisotopic (exact) mass is 238 g/mol. The van der Waals surface area contributed by atoms with E-state index in [4.69, 9.17) is 14.2 Å². The maximum absolute atomic E-state index is 11.6. The number of carbonyl (C=O) groups excluding carboxylic acids is 1. The van der Waals surface area contributed by atoms with Crippen molar-refractivity contribution in [2.45, 2.75) is 26.4 Å². The molecule has 4 heteroatoms. The molecule has 0 aromatic heterocycles. The van der Waals surface area contributed by atoms with Crippen LogP contribution in [0.15, 0.2) is 18.2 Å². The number of carbonyl (C=O) groups is 1. The van der Waals surface area contributed by atoms with Crippen molar-refractivity contribution < 1.29 is 19.0 Å². The second kappa shape index (κ2) is 6.13. The van der Waals surface area contributed by atoms with Gasteiger partial charge in [0.15, 0.2) is 0 Å². The van der Waals surface area contributed by atoms with Crippen molar-refractivity contribution in [2.24, 2.45) is 0 Å². The minimum atomic E-state index is -0.411. The van der Waals surface area contributed by atoms with Crippen molar-refractivity contribution in [1.29, 1.82) is 0 Å². The van der Waals surface area contributed by atoms with E-state index in [2.05, 4.69) is 0 Å². The zero-order valence-electron chi connectivity index (χ0n) is 10.6. The summed E-state index contributed by atoms with van der Waals surface area (Å²) >= 11 is 0. The highest BCUT2D eigenvalue weighted by atomic mass is 16.5. The Morgan fingerprint density at radius 3 is 2.59 bits per heavy atom. The quantitative estimate of drug-likeness (QED) is 0.740. The molecule has 0 spiro atoms. The SMILES string of the molecule is CCC(C)Oc1cc(OC)ccc1C(=O)OC. The van der Waals surface area contributed by atoms with E-state index in [1.165, 1.54) is 7.11 Å². The maximum Gasteiger partial charge on any atom is 0.341 e. The van der Waals surface area contributed by atoms with Crippen molar-refractivity contribution >= 4 is 5.97 Å². The Morgan fingerprint density at radius 2 is 2.06 bits per heavy atom. The van der Waals surface area contributed by atoms with Crippen LogP contribution in [0, 0.1) is 0 Å². The van der Waals surface area contributed by atoms with Gasteiger partial charge in [0.25, 0.3) is 0 Å². The van der Waals surface area contributed by atoms with Gasteiger partial charge < -0.3 is 14.2 Å². The summed E-state index contributed by atoms with van der Waals surface area (Å²) in [5, 5.41) is 0. The van der Waals surface area contributed by atoms with Gasteiger partial charge in [-0.1, -0.05) is 6.92 Å². The van der Waals surface area contributed by atoms with E-state index in [9.17, 15) is 4.79 Å². The van der Waals surface area contributed by atoms with Crippen LogP contribution in [0.3, 0.4) is 0 Å². The zero-order chi connectivity index (χ0) is 12.8. The lowest BCUT2D eigenvalue weighted by Crippen LogP contribution is -2.13. The van der Waals surface area contributed by atoms with E-state index in [1.54, 1.807) is 25.3 Å². The molecule has 0 heterocycles. The fourth-order valence-corrected chi connectivity index (χ4v) is 1.31. The highest BCUT2D eigenvalue weighted by Gasteiger charge is 2.15. The number of ether oxygens (including phenoxy) is 3. The second-order valence-electron chi connectivity index (χ2n) is 3.69. The van der Waals surface area contributed by atoms with Gasteiger partial charge in [-0.25, -0.2) is 4.79 Å². The summed E-state index contributed by atoms with van der Waals surface area (Å²) in [7, 11) is 2.92. The summed E-state index contributed by atoms with van der Waals surface area (Å²) in [6, 6.07) is 5.04. The standard InChI is InChI=1S/C13H18O4/c1-5-9(2)17-12-8-10(15-3)6-7-11(12)13(14)16-4/h6-9H,5H2,1-4H3. The van der Waals surface area contributed by atoms with E-state index in [0.717, 1.165) is 6.42 Å². The van der Waals surface area contributed by atoms with Crippen molar-refractivity contribution in [3.05, 3.63) is 23.8 Å². The van der Waals surface area contributed by atoms with Gasteiger partial charge in [-0.15, -0.1) is 0 Å². The molecule has 0 aliphatic rings. The molecule has 0 aliphatic carbocycles. The molecule has 1 unspecified atom stereocenters. The van der Waals surface area contributed by atoms with Gasteiger partial charge in [0.05, 0.1) is 20.3 Å². The van der Waals surface area contributed by atoms with Crippen LogP contribution in [0.1, 0.15) is 30.6 Å². The van der Waals surface area contributed by atoms with E-state index in [0.29, 0.717) is 17.1 Å². The first-order valence-electron chi connectivity index (χ1n) is 5.55. The molecule has 0 amide bonds. The predicted molar refractivity (Wildman–Crippen MR) is 64.7 cm³/mol. The molecule has 1 rings (SSSR count). The normalized spacial score (nSPS) is 11.8. The average molecular weight is 238 g/mol. The average Bonchev–Trinajstić information content (AvgIpc) is 2.37. The summed E-state index contributed by atoms with van der Waals surface area (Å²) in [6.07, 6.45) is 0.892. The predicted octanol–water partition coefficient (Wildman–Crippen LogP) is 2.66. The van der Waals surface area contributed by atoms with Crippen LogP contribution < -0.4 is 9.47 Å². The van der Waals surface area contributed by atoms with Crippen LogP contribution in [-0.2, 0) is 4.74 Å². The molecule has 1 aromatic rings. The van der Waals surface area contributed by atoms with Crippen LogP contribution in [0.25, 0.3) is 0 Å². The Bertz CT molecular complexity index is 387. The number of esters is 1. The van der Waals surface area contributed by atoms with Gasteiger partial charge in [-0.3, -0.25) is 0 Å². The van der Waals surface area contributed by atoms with Gasteiger partial charge in [0, 0.05) is 6.07 Å². The van der Waals surface area contributed by atoms with Crippen molar-refractivity contribution in [3.63, 3.8) is 0 Å². The van der Waals surface area contributed by atoms with E-state index >= 15 is 0 Å². The minimum Gasteiger partial charge on any atom is -0.497 e.